The van der Waals surface area contributed by atoms with Crippen molar-refractivity contribution in [3.05, 3.63) is 23.3 Å². The maximum atomic E-state index is 11.9. The molecule has 1 unspecified atom stereocenters. The molecule has 1 saturated carbocycles. The van der Waals surface area contributed by atoms with Crippen molar-refractivity contribution in [3.63, 3.8) is 0 Å². The summed E-state index contributed by atoms with van der Waals surface area (Å²) in [5.74, 6) is -1.53. The van der Waals surface area contributed by atoms with Crippen molar-refractivity contribution in [3.8, 4) is 0 Å². The van der Waals surface area contributed by atoms with Gasteiger partial charge in [0.1, 0.15) is 6.10 Å². The monoisotopic (exact) mass is 278 g/mol. The van der Waals surface area contributed by atoms with Crippen LogP contribution in [0.1, 0.15) is 20.8 Å². The number of hydrogen-bond acceptors (Lipinski definition) is 5. The number of ketones is 1. The summed E-state index contributed by atoms with van der Waals surface area (Å²) in [6.07, 6.45) is 0.277. The highest BCUT2D eigenvalue weighted by molar-refractivity contribution is 6.05. The number of esters is 1. The van der Waals surface area contributed by atoms with E-state index >= 15 is 0 Å². The SMILES string of the molecule is CC1=C2C3OC(=O)[C@@H](C)[C@H]3[C@@H](O)[C@@H](O)[C@@]2(C)C=CC1=O. The molecule has 0 radical (unpaired) electrons. The molecule has 0 spiro atoms. The van der Waals surface area contributed by atoms with Gasteiger partial charge < -0.3 is 14.9 Å². The molecule has 5 nitrogen and oxygen atoms in total. The second kappa shape index (κ2) is 4.02. The van der Waals surface area contributed by atoms with E-state index < -0.39 is 41.5 Å². The van der Waals surface area contributed by atoms with E-state index in [-0.39, 0.29) is 5.78 Å². The van der Waals surface area contributed by atoms with Crippen molar-refractivity contribution >= 4 is 11.8 Å². The minimum atomic E-state index is -1.06. The van der Waals surface area contributed by atoms with Gasteiger partial charge in [-0.2, -0.15) is 0 Å². The lowest BCUT2D eigenvalue weighted by Gasteiger charge is -2.48. The molecular weight excluding hydrogens is 260 g/mol. The van der Waals surface area contributed by atoms with Gasteiger partial charge in [-0.3, -0.25) is 9.59 Å². The Bertz CT molecular complexity index is 561. The van der Waals surface area contributed by atoms with Crippen molar-refractivity contribution in [1.29, 1.82) is 0 Å². The molecule has 6 atom stereocenters. The molecule has 5 heteroatoms. The summed E-state index contributed by atoms with van der Waals surface area (Å²) >= 11 is 0. The van der Waals surface area contributed by atoms with Crippen LogP contribution in [0.25, 0.3) is 0 Å². The third-order valence-corrected chi connectivity index (χ3v) is 5.09. The average Bonchev–Trinajstić information content (AvgIpc) is 2.68. The molecule has 1 saturated heterocycles. The van der Waals surface area contributed by atoms with Gasteiger partial charge in [0.25, 0.3) is 0 Å². The Morgan fingerprint density at radius 3 is 2.60 bits per heavy atom. The van der Waals surface area contributed by atoms with Crippen LogP contribution >= 0.6 is 0 Å². The zero-order valence-electron chi connectivity index (χ0n) is 11.7. The lowest BCUT2D eigenvalue weighted by molar-refractivity contribution is -0.144. The summed E-state index contributed by atoms with van der Waals surface area (Å²) in [5, 5.41) is 20.8. The van der Waals surface area contributed by atoms with E-state index in [0.29, 0.717) is 11.1 Å². The Labute approximate surface area is 116 Å². The first-order valence-electron chi connectivity index (χ1n) is 6.80. The Morgan fingerprint density at radius 1 is 1.30 bits per heavy atom. The van der Waals surface area contributed by atoms with Gasteiger partial charge in [0.15, 0.2) is 5.78 Å². The van der Waals surface area contributed by atoms with E-state index in [1.54, 1.807) is 26.8 Å². The third-order valence-electron chi connectivity index (χ3n) is 5.09. The smallest absolute Gasteiger partial charge is 0.309 e. The molecule has 0 bridgehead atoms. The molecule has 0 aromatic heterocycles. The molecule has 20 heavy (non-hydrogen) atoms. The quantitative estimate of drug-likeness (QED) is 0.625. The average molecular weight is 278 g/mol. The van der Waals surface area contributed by atoms with Gasteiger partial charge in [-0.05, 0) is 25.5 Å². The van der Waals surface area contributed by atoms with Crippen molar-refractivity contribution in [1.82, 2.24) is 0 Å². The highest BCUT2D eigenvalue weighted by atomic mass is 16.6. The van der Waals surface area contributed by atoms with Gasteiger partial charge in [0.2, 0.25) is 0 Å². The van der Waals surface area contributed by atoms with E-state index in [1.165, 1.54) is 6.08 Å². The fourth-order valence-corrected chi connectivity index (χ4v) is 3.80. The molecule has 0 aromatic rings. The van der Waals surface area contributed by atoms with Crippen LogP contribution in [-0.4, -0.2) is 40.3 Å². The van der Waals surface area contributed by atoms with Gasteiger partial charge in [-0.1, -0.05) is 13.0 Å². The van der Waals surface area contributed by atoms with E-state index in [0.717, 1.165) is 0 Å². The first kappa shape index (κ1) is 13.5. The van der Waals surface area contributed by atoms with Crippen LogP contribution in [0.3, 0.4) is 0 Å². The predicted octanol–water partition coefficient (Wildman–Crippen LogP) is 0.361. The van der Waals surface area contributed by atoms with Crippen molar-refractivity contribution in [2.45, 2.75) is 39.1 Å². The Kier molecular flexibility index (Phi) is 2.72. The van der Waals surface area contributed by atoms with E-state index in [9.17, 15) is 19.8 Å². The fourth-order valence-electron chi connectivity index (χ4n) is 3.80. The highest BCUT2D eigenvalue weighted by Crippen LogP contribution is 2.53. The highest BCUT2D eigenvalue weighted by Gasteiger charge is 2.60. The molecule has 0 amide bonds. The molecule has 108 valence electrons. The largest absolute Gasteiger partial charge is 0.457 e. The predicted molar refractivity (Wildman–Crippen MR) is 69.5 cm³/mol. The van der Waals surface area contributed by atoms with Crippen LogP contribution in [0, 0.1) is 17.3 Å². The topological polar surface area (TPSA) is 83.8 Å². The van der Waals surface area contributed by atoms with E-state index in [4.69, 9.17) is 4.74 Å². The number of fused-ring (bicyclic) bond motifs is 3. The molecule has 2 aliphatic carbocycles. The molecule has 0 aromatic carbocycles. The summed E-state index contributed by atoms with van der Waals surface area (Å²) in [6, 6.07) is 0. The molecule has 2 N–H and O–H groups in total. The minimum absolute atomic E-state index is 0.143. The number of rotatable bonds is 0. The van der Waals surface area contributed by atoms with Gasteiger partial charge in [0, 0.05) is 16.9 Å². The normalized spacial score (nSPS) is 47.1. The number of hydrogen-bond donors (Lipinski definition) is 2. The molecule has 3 aliphatic rings. The number of aliphatic hydroxyl groups excluding tert-OH is 2. The zero-order valence-corrected chi connectivity index (χ0v) is 11.7. The lowest BCUT2D eigenvalue weighted by atomic mass is 9.59. The number of ether oxygens (including phenoxy) is 1. The van der Waals surface area contributed by atoms with Crippen LogP contribution in [0.4, 0.5) is 0 Å². The van der Waals surface area contributed by atoms with Crippen LogP contribution in [0.15, 0.2) is 23.3 Å². The van der Waals surface area contributed by atoms with Gasteiger partial charge in [-0.15, -0.1) is 0 Å². The molecule has 3 rings (SSSR count). The van der Waals surface area contributed by atoms with E-state index in [1.807, 2.05) is 0 Å². The second-order valence-corrected chi connectivity index (χ2v) is 6.18. The summed E-state index contributed by atoms with van der Waals surface area (Å²) in [5.41, 5.74) is 0.256. The standard InChI is InChI=1S/C15H18O5/c1-6-8(16)4-5-15(3)10(6)12-9(11(17)13(15)18)7(2)14(19)20-12/h4-5,7,9,11-13,17-18H,1-3H3/t7-,9-,11+,12?,13+,15-/m0/s1. The Morgan fingerprint density at radius 2 is 1.95 bits per heavy atom. The summed E-state index contributed by atoms with van der Waals surface area (Å²) in [7, 11) is 0. The van der Waals surface area contributed by atoms with Gasteiger partial charge >= 0.3 is 5.97 Å². The molecule has 1 aliphatic heterocycles. The third kappa shape index (κ3) is 1.45. The van der Waals surface area contributed by atoms with Crippen LogP contribution in [-0.2, 0) is 14.3 Å². The van der Waals surface area contributed by atoms with Gasteiger partial charge in [-0.25, -0.2) is 0 Å². The first-order valence-corrected chi connectivity index (χ1v) is 6.80. The second-order valence-electron chi connectivity index (χ2n) is 6.18. The van der Waals surface area contributed by atoms with Crippen LogP contribution < -0.4 is 0 Å². The Balaban J connectivity index is 2.19. The number of carbonyl (C=O) groups is 2. The fraction of sp³-hybridized carbons (Fsp3) is 0.600. The Hall–Kier alpha value is -1.46. The first-order chi connectivity index (χ1) is 9.29. The summed E-state index contributed by atoms with van der Waals surface area (Å²) in [6.45, 7) is 5.12. The minimum Gasteiger partial charge on any atom is -0.457 e. The van der Waals surface area contributed by atoms with Crippen molar-refractivity contribution < 1.29 is 24.5 Å². The lowest BCUT2D eigenvalue weighted by Crippen LogP contribution is -2.57. The summed E-state index contributed by atoms with van der Waals surface area (Å²) < 4.78 is 5.40. The van der Waals surface area contributed by atoms with Crippen LogP contribution in [0.2, 0.25) is 0 Å². The molecule has 1 heterocycles. The number of carbonyl (C=O) groups excluding carboxylic acids is 2. The zero-order chi connectivity index (χ0) is 14.8. The maximum absolute atomic E-state index is 11.9. The maximum Gasteiger partial charge on any atom is 0.309 e. The van der Waals surface area contributed by atoms with E-state index in [2.05, 4.69) is 0 Å². The number of aliphatic hydroxyl groups is 2. The van der Waals surface area contributed by atoms with Gasteiger partial charge in [0.05, 0.1) is 18.1 Å². The van der Waals surface area contributed by atoms with Crippen molar-refractivity contribution in [2.24, 2.45) is 17.3 Å². The molecular formula is C15H18O5. The van der Waals surface area contributed by atoms with Crippen molar-refractivity contribution in [2.75, 3.05) is 0 Å². The van der Waals surface area contributed by atoms with Crippen LogP contribution in [0.5, 0.6) is 0 Å². The molecule has 2 fully saturated rings. The summed E-state index contributed by atoms with van der Waals surface area (Å²) in [4.78, 5) is 23.7. The number of allylic oxidation sites excluding steroid dienone is 2.